The van der Waals surface area contributed by atoms with E-state index in [1.165, 1.54) is 23.0 Å². The first-order valence-corrected chi connectivity index (χ1v) is 10.8. The maximum absolute atomic E-state index is 13.4. The second-order valence-electron chi connectivity index (χ2n) is 7.46. The van der Waals surface area contributed by atoms with E-state index in [1.807, 2.05) is 0 Å². The monoisotopic (exact) mass is 505 g/mol. The predicted octanol–water partition coefficient (Wildman–Crippen LogP) is 2.27. The molecule has 32 heavy (non-hydrogen) atoms. The molecular formula is C19H21BrFN9O2. The van der Waals surface area contributed by atoms with Crippen LogP contribution < -0.4 is 11.2 Å². The van der Waals surface area contributed by atoms with Crippen LogP contribution in [0.2, 0.25) is 0 Å². The number of aromatic nitrogens is 5. The van der Waals surface area contributed by atoms with Crippen molar-refractivity contribution in [1.82, 2.24) is 35.6 Å². The number of rotatable bonds is 6. The van der Waals surface area contributed by atoms with Gasteiger partial charge in [-0.15, -0.1) is 5.10 Å². The van der Waals surface area contributed by atoms with Crippen molar-refractivity contribution < 1.29 is 13.8 Å². The summed E-state index contributed by atoms with van der Waals surface area (Å²) in [4.78, 5) is 15.1. The average molecular weight is 506 g/mol. The van der Waals surface area contributed by atoms with Crippen LogP contribution in [0.3, 0.4) is 0 Å². The number of likely N-dealkylation sites (tertiary alicyclic amines) is 1. The number of nitrogens with one attached hydrogen (secondary N) is 1. The highest BCUT2D eigenvalue weighted by atomic mass is 79.9. The summed E-state index contributed by atoms with van der Waals surface area (Å²) < 4.78 is 19.7. The number of nitrogens with zero attached hydrogens (tertiary/aromatic N) is 7. The molecule has 4 rings (SSSR count). The Balaban J connectivity index is 1.58. The summed E-state index contributed by atoms with van der Waals surface area (Å²) in [5.41, 5.74) is 9.46. The summed E-state index contributed by atoms with van der Waals surface area (Å²) >= 11 is 3.11. The van der Waals surface area contributed by atoms with Crippen LogP contribution in [0, 0.1) is 5.82 Å². The predicted molar refractivity (Wildman–Crippen MR) is 117 cm³/mol. The van der Waals surface area contributed by atoms with E-state index in [0.29, 0.717) is 28.3 Å². The van der Waals surface area contributed by atoms with Crippen molar-refractivity contribution in [2.75, 3.05) is 12.3 Å². The van der Waals surface area contributed by atoms with Crippen molar-refractivity contribution >= 4 is 33.9 Å². The summed E-state index contributed by atoms with van der Waals surface area (Å²) in [7, 11) is 0. The van der Waals surface area contributed by atoms with Gasteiger partial charge in [-0.2, -0.15) is 9.78 Å². The number of hydrogen-bond donors (Lipinski definition) is 2. The molecule has 0 unspecified atom stereocenters. The molecule has 1 aliphatic rings. The highest BCUT2D eigenvalue weighted by Gasteiger charge is 2.28. The second-order valence-corrected chi connectivity index (χ2v) is 8.31. The van der Waals surface area contributed by atoms with Gasteiger partial charge in [0.15, 0.2) is 5.69 Å². The Morgan fingerprint density at radius 1 is 1.44 bits per heavy atom. The maximum atomic E-state index is 13.4. The van der Waals surface area contributed by atoms with Gasteiger partial charge in [0.2, 0.25) is 11.6 Å². The number of halogens is 2. The molecule has 1 fully saturated rings. The van der Waals surface area contributed by atoms with E-state index >= 15 is 0 Å². The Hall–Kier alpha value is -3.19. The number of anilines is 1. The summed E-state index contributed by atoms with van der Waals surface area (Å²) in [6.07, 6.45) is 4.70. The number of benzene rings is 1. The van der Waals surface area contributed by atoms with E-state index in [4.69, 9.17) is 5.73 Å². The Labute approximate surface area is 190 Å². The van der Waals surface area contributed by atoms with Crippen molar-refractivity contribution in [2.45, 2.75) is 38.8 Å². The van der Waals surface area contributed by atoms with E-state index in [2.05, 4.69) is 63.5 Å². The highest BCUT2D eigenvalue weighted by molar-refractivity contribution is 9.10. The molecule has 1 saturated heterocycles. The van der Waals surface area contributed by atoms with Crippen LogP contribution >= 0.6 is 15.9 Å². The Morgan fingerprint density at radius 3 is 3.00 bits per heavy atom. The first-order valence-electron chi connectivity index (χ1n) is 9.99. The number of nitrogens with two attached hydrogens (primary N) is 1. The molecule has 2 aromatic heterocycles. The molecular weight excluding hydrogens is 485 g/mol. The molecule has 3 aromatic rings. The molecule has 168 valence electrons. The van der Waals surface area contributed by atoms with Crippen LogP contribution in [0.1, 0.15) is 47.9 Å². The minimum absolute atomic E-state index is 0.0368. The molecule has 13 heteroatoms. The molecule has 1 atom stereocenters. The van der Waals surface area contributed by atoms with Crippen LogP contribution in [0.5, 0.6) is 0 Å². The lowest BCUT2D eigenvalue weighted by molar-refractivity contribution is 0.0945. The van der Waals surface area contributed by atoms with Crippen LogP contribution in [0.25, 0.3) is 5.82 Å². The number of carbonyl (C=O) groups is 1. The molecule has 0 spiro atoms. The summed E-state index contributed by atoms with van der Waals surface area (Å²) in [6, 6.07) is 4.72. The van der Waals surface area contributed by atoms with Gasteiger partial charge in [-0.1, -0.05) is 17.7 Å². The van der Waals surface area contributed by atoms with Gasteiger partial charge >= 0.3 is 0 Å². The number of nitrogen functional groups attached to an aromatic ring is 1. The fourth-order valence-corrected chi connectivity index (χ4v) is 3.92. The molecule has 1 aliphatic heterocycles. The standard InChI is InChI=1S/C19H21BrFN9O2/c1-11-4-2-3-7-29(11)10-15-16(24-28-30(15)18-17(22)26-32-27-18)19(31)25-23-9-12-5-6-14(21)13(20)8-12/h5-6,8-9,11H,2-4,7,10H2,1H3,(H2,22,26)(H,25,31)/b23-9+/t11-/m0/s1. The lowest BCUT2D eigenvalue weighted by Crippen LogP contribution is -2.38. The van der Waals surface area contributed by atoms with E-state index in [0.717, 1.165) is 25.8 Å². The largest absolute Gasteiger partial charge is 0.378 e. The van der Waals surface area contributed by atoms with E-state index in [-0.39, 0.29) is 23.1 Å². The topological polar surface area (TPSA) is 140 Å². The Bertz CT molecular complexity index is 1150. The van der Waals surface area contributed by atoms with Gasteiger partial charge in [0, 0.05) is 12.6 Å². The van der Waals surface area contributed by atoms with Crippen molar-refractivity contribution in [3.05, 3.63) is 45.4 Å². The van der Waals surface area contributed by atoms with Crippen molar-refractivity contribution in [3.63, 3.8) is 0 Å². The summed E-state index contributed by atoms with van der Waals surface area (Å²) in [6.45, 7) is 3.44. The number of piperidine rings is 1. The number of hydrogen-bond acceptors (Lipinski definition) is 9. The summed E-state index contributed by atoms with van der Waals surface area (Å²) in [5, 5.41) is 19.4. The average Bonchev–Trinajstić information content (AvgIpc) is 3.38. The van der Waals surface area contributed by atoms with Gasteiger partial charge in [0.05, 0.1) is 16.4 Å². The van der Waals surface area contributed by atoms with Gasteiger partial charge in [0.1, 0.15) is 5.82 Å². The third-order valence-electron chi connectivity index (χ3n) is 5.29. The Morgan fingerprint density at radius 2 is 2.28 bits per heavy atom. The van der Waals surface area contributed by atoms with Gasteiger partial charge in [-0.05, 0) is 70.2 Å². The van der Waals surface area contributed by atoms with Crippen molar-refractivity contribution in [2.24, 2.45) is 5.10 Å². The van der Waals surface area contributed by atoms with Crippen LogP contribution in [-0.4, -0.2) is 54.9 Å². The molecule has 11 nitrogen and oxygen atoms in total. The number of hydrazone groups is 1. The molecule has 1 aromatic carbocycles. The molecule has 1 amide bonds. The zero-order valence-electron chi connectivity index (χ0n) is 17.2. The number of amides is 1. The lowest BCUT2D eigenvalue weighted by atomic mass is 10.0. The van der Waals surface area contributed by atoms with Gasteiger partial charge in [-0.25, -0.2) is 14.4 Å². The second kappa shape index (κ2) is 9.53. The van der Waals surface area contributed by atoms with E-state index < -0.39 is 5.91 Å². The van der Waals surface area contributed by atoms with Gasteiger partial charge < -0.3 is 5.73 Å². The number of carbonyl (C=O) groups excluding carboxylic acids is 1. The minimum Gasteiger partial charge on any atom is -0.378 e. The van der Waals surface area contributed by atoms with Crippen LogP contribution in [-0.2, 0) is 6.54 Å². The van der Waals surface area contributed by atoms with Crippen LogP contribution in [0.4, 0.5) is 10.2 Å². The fraction of sp³-hybridized carbons (Fsp3) is 0.368. The van der Waals surface area contributed by atoms with Crippen molar-refractivity contribution in [1.29, 1.82) is 0 Å². The first-order chi connectivity index (χ1) is 15.4. The van der Waals surface area contributed by atoms with E-state index in [1.54, 1.807) is 6.07 Å². The third kappa shape index (κ3) is 4.67. The highest BCUT2D eigenvalue weighted by Crippen LogP contribution is 2.23. The molecule has 0 bridgehead atoms. The van der Waals surface area contributed by atoms with Crippen molar-refractivity contribution in [3.8, 4) is 5.82 Å². The van der Waals surface area contributed by atoms with Crippen LogP contribution in [0.15, 0.2) is 32.4 Å². The first kappa shape index (κ1) is 22.0. The zero-order valence-corrected chi connectivity index (χ0v) is 18.8. The van der Waals surface area contributed by atoms with Gasteiger partial charge in [-0.3, -0.25) is 9.69 Å². The fourth-order valence-electron chi connectivity index (χ4n) is 3.52. The quantitative estimate of drug-likeness (QED) is 0.383. The molecule has 0 aliphatic carbocycles. The SMILES string of the molecule is C[C@H]1CCCCN1Cc1c(C(=O)N/N=C/c2ccc(F)c(Br)c2)nnn1-c1nonc1N. The smallest absolute Gasteiger partial charge is 0.293 e. The van der Waals surface area contributed by atoms with E-state index in [9.17, 15) is 9.18 Å². The maximum Gasteiger partial charge on any atom is 0.293 e. The summed E-state index contributed by atoms with van der Waals surface area (Å²) in [5.74, 6) is -0.741. The molecule has 3 heterocycles. The Kier molecular flexibility index (Phi) is 6.55. The normalized spacial score (nSPS) is 17.2. The molecule has 0 saturated carbocycles. The third-order valence-corrected chi connectivity index (χ3v) is 5.90. The molecule has 0 radical (unpaired) electrons. The lowest BCUT2D eigenvalue weighted by Gasteiger charge is -2.33. The van der Waals surface area contributed by atoms with Gasteiger partial charge in [0.25, 0.3) is 5.91 Å². The molecule has 3 N–H and O–H groups in total. The zero-order chi connectivity index (χ0) is 22.7. The minimum atomic E-state index is -0.552.